The number of benzene rings is 4. The minimum Gasteiger partial charge on any atom is -0.249 e. The summed E-state index contributed by atoms with van der Waals surface area (Å²) in [6, 6.07) is 26.9. The first-order valence-corrected chi connectivity index (χ1v) is 19.7. The Morgan fingerprint density at radius 1 is 0.500 bits per heavy atom. The predicted octanol–water partition coefficient (Wildman–Crippen LogP) is 13.3. The van der Waals surface area contributed by atoms with Gasteiger partial charge >= 0.3 is 0 Å². The van der Waals surface area contributed by atoms with Gasteiger partial charge < -0.3 is 0 Å². The molecule has 1 nitrogen and oxygen atoms in total. The van der Waals surface area contributed by atoms with E-state index in [0.717, 1.165) is 32.0 Å². The van der Waals surface area contributed by atoms with Crippen LogP contribution in [0.3, 0.4) is 0 Å². The summed E-state index contributed by atoms with van der Waals surface area (Å²) in [6.07, 6.45) is 9.40. The maximum Gasteiger partial charge on any atom is 0.0855 e. The first-order chi connectivity index (χ1) is 23.3. The van der Waals surface area contributed by atoms with Crippen molar-refractivity contribution in [1.82, 2.24) is 0 Å². The van der Waals surface area contributed by atoms with Gasteiger partial charge in [0.1, 0.15) is 0 Å². The molecule has 50 heavy (non-hydrogen) atoms. The van der Waals surface area contributed by atoms with Gasteiger partial charge in [0, 0.05) is 9.79 Å². The first kappa shape index (κ1) is 36.3. The van der Waals surface area contributed by atoms with Gasteiger partial charge in [0.2, 0.25) is 0 Å². The number of aryl methyl sites for hydroxylation is 2. The van der Waals surface area contributed by atoms with Gasteiger partial charge in [-0.2, -0.15) is 0 Å². The molecule has 6 rings (SSSR count). The smallest absolute Gasteiger partial charge is 0.0855 e. The Morgan fingerprint density at radius 3 is 1.18 bits per heavy atom. The van der Waals surface area contributed by atoms with E-state index in [2.05, 4.69) is 168 Å². The van der Waals surface area contributed by atoms with E-state index in [0.29, 0.717) is 0 Å². The molecule has 0 fully saturated rings. The SMILES string of the molecule is CC(=Cc1ccc(S(=O)c2ccc(C=C(C)c3ccc4c(c3)C(C)(C)CCC4(C)C)cc2C)c(C)c1)c1ccc2c(c1)C(C)(C)CCC2(C)C. The van der Waals surface area contributed by atoms with E-state index < -0.39 is 10.8 Å². The lowest BCUT2D eigenvalue weighted by molar-refractivity contribution is 0.332. The fourth-order valence-corrected chi connectivity index (χ4v) is 9.72. The van der Waals surface area contributed by atoms with Gasteiger partial charge in [-0.1, -0.05) is 128 Å². The number of rotatable bonds is 6. The molecule has 0 radical (unpaired) electrons. The Hall–Kier alpha value is -3.49. The average Bonchev–Trinajstić information content (AvgIpc) is 3.05. The maximum atomic E-state index is 14.0. The third kappa shape index (κ3) is 6.90. The lowest BCUT2D eigenvalue weighted by atomic mass is 9.63. The van der Waals surface area contributed by atoms with Crippen molar-refractivity contribution in [2.45, 2.75) is 140 Å². The van der Waals surface area contributed by atoms with E-state index in [4.69, 9.17) is 0 Å². The fraction of sp³-hybridized carbons (Fsp3) is 0.417. The van der Waals surface area contributed by atoms with Crippen molar-refractivity contribution < 1.29 is 4.21 Å². The second-order valence-corrected chi connectivity index (χ2v) is 19.4. The molecule has 0 aromatic heterocycles. The van der Waals surface area contributed by atoms with Crippen LogP contribution in [0.4, 0.5) is 0 Å². The van der Waals surface area contributed by atoms with Crippen LogP contribution in [-0.4, -0.2) is 4.21 Å². The molecule has 0 saturated carbocycles. The van der Waals surface area contributed by atoms with Gasteiger partial charge in [0.15, 0.2) is 0 Å². The Kier molecular flexibility index (Phi) is 9.39. The highest BCUT2D eigenvalue weighted by atomic mass is 32.2. The summed E-state index contributed by atoms with van der Waals surface area (Å²) >= 11 is 0. The number of allylic oxidation sites excluding steroid dienone is 2. The Balaban J connectivity index is 1.22. The summed E-state index contributed by atoms with van der Waals surface area (Å²) in [6.45, 7) is 27.6. The highest BCUT2D eigenvalue weighted by molar-refractivity contribution is 7.85. The zero-order chi connectivity index (χ0) is 36.4. The second kappa shape index (κ2) is 12.9. The van der Waals surface area contributed by atoms with E-state index in [1.54, 1.807) is 0 Å². The Labute approximate surface area is 305 Å². The summed E-state index contributed by atoms with van der Waals surface area (Å²) in [5, 5.41) is 0. The standard InChI is InChI=1S/C48H58OS/c1-31(37-15-17-39-41(29-37)47(9,10)23-21-45(39,5)6)25-35-13-19-43(33(3)27-35)50(49)44-20-14-36(28-34(44)4)26-32(2)38-16-18-40-42(30-38)48(11,12)24-22-46(40,7)8/h13-20,25-30H,21-24H2,1-12H3. The van der Waals surface area contributed by atoms with E-state index in [-0.39, 0.29) is 21.7 Å². The van der Waals surface area contributed by atoms with E-state index in [1.807, 2.05) is 0 Å². The molecule has 2 aliphatic rings. The highest BCUT2D eigenvalue weighted by Crippen LogP contribution is 2.48. The van der Waals surface area contributed by atoms with Crippen LogP contribution >= 0.6 is 0 Å². The average molecular weight is 683 g/mol. The summed E-state index contributed by atoms with van der Waals surface area (Å²) in [5.74, 6) is 0. The molecule has 0 atom stereocenters. The van der Waals surface area contributed by atoms with Crippen LogP contribution in [0.1, 0.15) is 151 Å². The third-order valence-corrected chi connectivity index (χ3v) is 13.9. The van der Waals surface area contributed by atoms with Crippen LogP contribution in [0.25, 0.3) is 23.3 Å². The van der Waals surface area contributed by atoms with Gasteiger partial charge in [-0.05, 0) is 154 Å². The highest BCUT2D eigenvalue weighted by Gasteiger charge is 2.38. The zero-order valence-electron chi connectivity index (χ0n) is 32.7. The van der Waals surface area contributed by atoms with Crippen LogP contribution in [0.15, 0.2) is 82.6 Å². The molecule has 0 unspecified atom stereocenters. The largest absolute Gasteiger partial charge is 0.249 e. The lowest BCUT2D eigenvalue weighted by Gasteiger charge is -2.42. The van der Waals surface area contributed by atoms with E-state index >= 15 is 0 Å². The van der Waals surface area contributed by atoms with Gasteiger partial charge in [0.25, 0.3) is 0 Å². The van der Waals surface area contributed by atoms with Gasteiger partial charge in [-0.3, -0.25) is 0 Å². The van der Waals surface area contributed by atoms with Crippen molar-refractivity contribution in [3.63, 3.8) is 0 Å². The molecule has 262 valence electrons. The van der Waals surface area contributed by atoms with Crippen LogP contribution in [-0.2, 0) is 32.5 Å². The molecule has 4 aromatic rings. The number of hydrogen-bond acceptors (Lipinski definition) is 1. The Morgan fingerprint density at radius 2 is 0.840 bits per heavy atom. The monoisotopic (exact) mass is 682 g/mol. The van der Waals surface area contributed by atoms with Crippen molar-refractivity contribution in [2.24, 2.45) is 0 Å². The second-order valence-electron chi connectivity index (χ2n) is 18.0. The van der Waals surface area contributed by atoms with E-state index in [1.165, 1.54) is 70.2 Å². The molecule has 2 heteroatoms. The van der Waals surface area contributed by atoms with Crippen molar-refractivity contribution >= 4 is 34.1 Å². The lowest BCUT2D eigenvalue weighted by Crippen LogP contribution is -2.33. The van der Waals surface area contributed by atoms with Gasteiger partial charge in [-0.15, -0.1) is 0 Å². The molecular weight excluding hydrogens is 625 g/mol. The summed E-state index contributed by atoms with van der Waals surface area (Å²) in [5.41, 5.74) is 16.2. The summed E-state index contributed by atoms with van der Waals surface area (Å²) in [4.78, 5) is 1.75. The van der Waals surface area contributed by atoms with Crippen molar-refractivity contribution in [2.75, 3.05) is 0 Å². The number of hydrogen-bond donors (Lipinski definition) is 0. The fourth-order valence-electron chi connectivity index (χ4n) is 8.39. The third-order valence-electron chi connectivity index (χ3n) is 12.2. The molecule has 0 bridgehead atoms. The molecule has 0 saturated heterocycles. The molecule has 2 aliphatic carbocycles. The normalized spacial score (nSPS) is 19.8. The van der Waals surface area contributed by atoms with Crippen molar-refractivity contribution in [3.05, 3.63) is 128 Å². The maximum absolute atomic E-state index is 14.0. The van der Waals surface area contributed by atoms with Crippen molar-refractivity contribution in [1.29, 1.82) is 0 Å². The summed E-state index contributed by atoms with van der Waals surface area (Å²) in [7, 11) is -1.26. The van der Waals surface area contributed by atoms with Crippen LogP contribution < -0.4 is 0 Å². The molecule has 0 spiro atoms. The molecule has 0 heterocycles. The molecule has 4 aromatic carbocycles. The minimum absolute atomic E-state index is 0.186. The number of fused-ring (bicyclic) bond motifs is 2. The minimum atomic E-state index is -1.26. The van der Waals surface area contributed by atoms with E-state index in [9.17, 15) is 4.21 Å². The van der Waals surface area contributed by atoms with Gasteiger partial charge in [-0.25, -0.2) is 4.21 Å². The topological polar surface area (TPSA) is 17.1 Å². The Bertz CT molecular complexity index is 1910. The van der Waals surface area contributed by atoms with Gasteiger partial charge in [0.05, 0.1) is 10.8 Å². The van der Waals surface area contributed by atoms with Crippen LogP contribution in [0.5, 0.6) is 0 Å². The van der Waals surface area contributed by atoms with Crippen LogP contribution in [0, 0.1) is 13.8 Å². The molecule has 0 aliphatic heterocycles. The quantitative estimate of drug-likeness (QED) is 0.185. The molecular formula is C48H58OS. The van der Waals surface area contributed by atoms with Crippen molar-refractivity contribution in [3.8, 4) is 0 Å². The first-order valence-electron chi connectivity index (χ1n) is 18.6. The molecule has 0 amide bonds. The van der Waals surface area contributed by atoms with Crippen LogP contribution in [0.2, 0.25) is 0 Å². The summed E-state index contributed by atoms with van der Waals surface area (Å²) < 4.78 is 14.0. The zero-order valence-corrected chi connectivity index (χ0v) is 33.5. The predicted molar refractivity (Wildman–Crippen MR) is 218 cm³/mol. The molecule has 0 N–H and O–H groups in total.